The summed E-state index contributed by atoms with van der Waals surface area (Å²) >= 11 is 0. The smallest absolute Gasteiger partial charge is 0.483 e. The summed E-state index contributed by atoms with van der Waals surface area (Å²) in [4.78, 5) is 22.6. The number of carbonyl (C=O) groups excluding carboxylic acids is 2. The number of hydrogen-bond acceptors (Lipinski definition) is 6. The summed E-state index contributed by atoms with van der Waals surface area (Å²) < 4.78 is 22.5. The van der Waals surface area contributed by atoms with Crippen molar-refractivity contribution in [2.24, 2.45) is 5.92 Å². The zero-order chi connectivity index (χ0) is 18.6. The molecule has 0 aromatic heterocycles. The molecule has 0 bridgehead atoms. The van der Waals surface area contributed by atoms with Crippen molar-refractivity contribution in [3.05, 3.63) is 23.8 Å². The Kier molecular flexibility index (Phi) is 6.24. The summed E-state index contributed by atoms with van der Waals surface area (Å²) in [5.74, 6) is -0.589. The van der Waals surface area contributed by atoms with Crippen LogP contribution in [0, 0.1) is 5.92 Å². The van der Waals surface area contributed by atoms with Crippen molar-refractivity contribution in [1.82, 2.24) is 0 Å². The van der Waals surface area contributed by atoms with Crippen molar-refractivity contribution >= 4 is 26.4 Å². The van der Waals surface area contributed by atoms with E-state index < -0.39 is 27.0 Å². The zero-order valence-corrected chi connectivity index (χ0v) is 16.6. The molecule has 0 saturated carbocycles. The molecule has 1 aliphatic heterocycles. The van der Waals surface area contributed by atoms with E-state index in [9.17, 15) is 9.59 Å². The predicted molar refractivity (Wildman–Crippen MR) is 94.7 cm³/mol. The van der Waals surface area contributed by atoms with Gasteiger partial charge < -0.3 is 18.3 Å². The maximum atomic E-state index is 11.3. The summed E-state index contributed by atoms with van der Waals surface area (Å²) in [5, 5.41) is 0.696. The number of rotatable bonds is 6. The monoisotopic (exact) mass is 366 g/mol. The largest absolute Gasteiger partial charge is 0.484 e. The van der Waals surface area contributed by atoms with Gasteiger partial charge in [0.25, 0.3) is 11.9 Å². The molecule has 0 radical (unpaired) electrons. The fraction of sp³-hybridized carbons (Fsp3) is 0.556. The molecule has 138 valence electrons. The number of benzene rings is 1. The van der Waals surface area contributed by atoms with Crippen molar-refractivity contribution in [3.8, 4) is 5.75 Å². The first-order valence-corrected chi connectivity index (χ1v) is 10.1. The van der Waals surface area contributed by atoms with Crippen molar-refractivity contribution in [2.75, 3.05) is 0 Å². The van der Waals surface area contributed by atoms with Gasteiger partial charge in [-0.2, -0.15) is 0 Å². The van der Waals surface area contributed by atoms with E-state index in [1.54, 1.807) is 6.07 Å². The maximum absolute atomic E-state index is 11.3. The van der Waals surface area contributed by atoms with E-state index in [0.717, 1.165) is 24.2 Å². The highest BCUT2D eigenvalue weighted by molar-refractivity contribution is 6.64. The lowest BCUT2D eigenvalue weighted by Crippen LogP contribution is -2.45. The third-order valence-corrected chi connectivity index (χ3v) is 6.34. The summed E-state index contributed by atoms with van der Waals surface area (Å²) in [6, 6.07) is 5.46. The fourth-order valence-electron chi connectivity index (χ4n) is 2.83. The van der Waals surface area contributed by atoms with Gasteiger partial charge >= 0.3 is 9.28 Å². The van der Waals surface area contributed by atoms with E-state index in [2.05, 4.69) is 13.8 Å². The lowest BCUT2D eigenvalue weighted by molar-refractivity contribution is -0.223. The van der Waals surface area contributed by atoms with Crippen molar-refractivity contribution in [3.63, 3.8) is 0 Å². The molecule has 0 spiro atoms. The second-order valence-corrected chi connectivity index (χ2v) is 8.32. The van der Waals surface area contributed by atoms with Gasteiger partial charge in [0.05, 0.1) is 6.61 Å². The topological polar surface area (TPSA) is 71.1 Å². The Labute approximate surface area is 150 Å². The van der Waals surface area contributed by atoms with Crippen LogP contribution in [0.15, 0.2) is 18.2 Å². The van der Waals surface area contributed by atoms with Gasteiger partial charge in [-0.15, -0.1) is 0 Å². The minimum absolute atomic E-state index is 0.259. The van der Waals surface area contributed by atoms with Crippen LogP contribution in [0.2, 0.25) is 0 Å². The molecular weight excluding hydrogens is 340 g/mol. The molecule has 0 fully saturated rings. The Bertz CT molecular complexity index is 630. The minimum Gasteiger partial charge on any atom is -0.484 e. The second kappa shape index (κ2) is 8.01. The molecular formula is C18H26O6Si. The Hall–Kier alpha value is -1.86. The number of hydrogen-bond donors (Lipinski definition) is 0. The van der Waals surface area contributed by atoms with Gasteiger partial charge in [-0.1, -0.05) is 26.3 Å². The SMILES string of the molecule is CCCC(C)C1(C)OCc2cc([SiH](OC(C)=O)OC(C)=O)ccc2O1. The highest BCUT2D eigenvalue weighted by atomic mass is 28.3. The van der Waals surface area contributed by atoms with E-state index in [1.165, 1.54) is 13.8 Å². The summed E-state index contributed by atoms with van der Waals surface area (Å²) in [6.07, 6.45) is 2.07. The number of carbonyl (C=O) groups is 2. The van der Waals surface area contributed by atoms with Crippen LogP contribution in [0.4, 0.5) is 0 Å². The lowest BCUT2D eigenvalue weighted by Gasteiger charge is -2.40. The molecule has 2 unspecified atom stereocenters. The van der Waals surface area contributed by atoms with Crippen molar-refractivity contribution in [1.29, 1.82) is 0 Å². The average molecular weight is 366 g/mol. The average Bonchev–Trinajstić information content (AvgIpc) is 2.53. The third-order valence-electron chi connectivity index (χ3n) is 4.35. The van der Waals surface area contributed by atoms with Gasteiger partial charge in [0, 0.05) is 37.4 Å². The van der Waals surface area contributed by atoms with Gasteiger partial charge in [0.15, 0.2) is 0 Å². The van der Waals surface area contributed by atoms with Crippen molar-refractivity contribution < 1.29 is 27.9 Å². The third kappa shape index (κ3) is 4.82. The lowest BCUT2D eigenvalue weighted by atomic mass is 9.96. The van der Waals surface area contributed by atoms with E-state index in [4.69, 9.17) is 18.3 Å². The van der Waals surface area contributed by atoms with Crippen LogP contribution in [-0.2, 0) is 29.8 Å². The molecule has 7 heteroatoms. The van der Waals surface area contributed by atoms with Gasteiger partial charge in [-0.3, -0.25) is 9.59 Å². The molecule has 0 amide bonds. The molecule has 0 saturated heterocycles. The molecule has 6 nitrogen and oxygen atoms in total. The van der Waals surface area contributed by atoms with E-state index in [0.29, 0.717) is 11.8 Å². The van der Waals surface area contributed by atoms with Crippen LogP contribution in [0.5, 0.6) is 5.75 Å². The van der Waals surface area contributed by atoms with Gasteiger partial charge in [-0.25, -0.2) is 0 Å². The first-order valence-electron chi connectivity index (χ1n) is 8.55. The second-order valence-electron chi connectivity index (χ2n) is 6.51. The first kappa shape index (κ1) is 19.5. The van der Waals surface area contributed by atoms with E-state index >= 15 is 0 Å². The summed E-state index contributed by atoms with van der Waals surface area (Å²) in [6.45, 7) is 9.21. The molecule has 2 atom stereocenters. The number of fused-ring (bicyclic) bond motifs is 1. The molecule has 1 aliphatic rings. The Morgan fingerprint density at radius 2 is 1.92 bits per heavy atom. The summed E-state index contributed by atoms with van der Waals surface area (Å²) in [5.41, 5.74) is 0.857. The van der Waals surface area contributed by atoms with E-state index in [1.807, 2.05) is 19.1 Å². The molecule has 0 N–H and O–H groups in total. The van der Waals surface area contributed by atoms with Crippen LogP contribution in [0.1, 0.15) is 53.0 Å². The quantitative estimate of drug-likeness (QED) is 0.720. The Morgan fingerprint density at radius 1 is 1.28 bits per heavy atom. The van der Waals surface area contributed by atoms with Crippen LogP contribution >= 0.6 is 0 Å². The summed E-state index contributed by atoms with van der Waals surface area (Å²) in [7, 11) is -2.63. The highest BCUT2D eigenvalue weighted by Gasteiger charge is 2.38. The normalized spacial score (nSPS) is 20.4. The Morgan fingerprint density at radius 3 is 2.48 bits per heavy atom. The molecule has 2 rings (SSSR count). The van der Waals surface area contributed by atoms with Gasteiger partial charge in [0.1, 0.15) is 5.75 Å². The van der Waals surface area contributed by atoms with Crippen LogP contribution < -0.4 is 9.92 Å². The van der Waals surface area contributed by atoms with Crippen LogP contribution in [-0.4, -0.2) is 27.0 Å². The molecule has 25 heavy (non-hydrogen) atoms. The minimum atomic E-state index is -2.63. The van der Waals surface area contributed by atoms with Crippen LogP contribution in [0.25, 0.3) is 0 Å². The Balaban J connectivity index is 2.23. The van der Waals surface area contributed by atoms with E-state index in [-0.39, 0.29) is 5.92 Å². The molecule has 1 aromatic rings. The number of ether oxygens (including phenoxy) is 2. The van der Waals surface area contributed by atoms with Crippen molar-refractivity contribution in [2.45, 2.75) is 59.9 Å². The molecule has 1 aromatic carbocycles. The van der Waals surface area contributed by atoms with Gasteiger partial charge in [0.2, 0.25) is 5.79 Å². The first-order chi connectivity index (χ1) is 11.7. The fourth-order valence-corrected chi connectivity index (χ4v) is 4.34. The standard InChI is InChI=1S/C18H26O6Si/c1-6-7-12(2)18(5)21-11-15-10-16(8-9-17(15)22-18)25(23-13(3)19)24-14(4)20/h8-10,12,25H,6-7,11H2,1-5H3. The predicted octanol–water partition coefficient (Wildman–Crippen LogP) is 2.30. The van der Waals surface area contributed by atoms with Gasteiger partial charge in [-0.05, 0) is 18.6 Å². The molecule has 0 aliphatic carbocycles. The maximum Gasteiger partial charge on any atom is 0.483 e. The molecule has 1 heterocycles. The highest BCUT2D eigenvalue weighted by Crippen LogP contribution is 2.36. The van der Waals surface area contributed by atoms with Crippen LogP contribution in [0.3, 0.4) is 0 Å². The zero-order valence-electron chi connectivity index (χ0n) is 15.5.